The second-order valence-electron chi connectivity index (χ2n) is 4.99. The molecule has 4 nitrogen and oxygen atoms in total. The fourth-order valence-electron chi connectivity index (χ4n) is 2.34. The standard InChI is InChI=1S/C17H18N2O2/c20-12-16-13-21-17(18-15-9-5-2-6-10-15)19(16)11-14-7-3-1-4-8-14/h1-10,16,20H,11-13H2/t16-/m1/s1. The first-order valence-corrected chi connectivity index (χ1v) is 7.05. The highest BCUT2D eigenvalue weighted by molar-refractivity contribution is 5.79. The Kier molecular flexibility index (Phi) is 4.17. The van der Waals surface area contributed by atoms with Crippen LogP contribution in [0.25, 0.3) is 0 Å². The third-order valence-electron chi connectivity index (χ3n) is 3.48. The number of aliphatic imine (C=N–C) groups is 1. The summed E-state index contributed by atoms with van der Waals surface area (Å²) < 4.78 is 5.66. The summed E-state index contributed by atoms with van der Waals surface area (Å²) in [6.07, 6.45) is 0. The number of hydrogen-bond acceptors (Lipinski definition) is 3. The molecule has 1 aliphatic heterocycles. The summed E-state index contributed by atoms with van der Waals surface area (Å²) >= 11 is 0. The van der Waals surface area contributed by atoms with Crippen molar-refractivity contribution in [1.29, 1.82) is 0 Å². The van der Waals surface area contributed by atoms with Crippen LogP contribution in [0.5, 0.6) is 0 Å². The lowest BCUT2D eigenvalue weighted by atomic mass is 10.2. The highest BCUT2D eigenvalue weighted by atomic mass is 16.5. The molecule has 3 rings (SSSR count). The average molecular weight is 282 g/mol. The maximum Gasteiger partial charge on any atom is 0.293 e. The second kappa shape index (κ2) is 6.41. The summed E-state index contributed by atoms with van der Waals surface area (Å²) in [5.74, 6) is 0. The number of aliphatic hydroxyl groups is 1. The van der Waals surface area contributed by atoms with Crippen molar-refractivity contribution in [1.82, 2.24) is 4.90 Å². The molecule has 0 saturated carbocycles. The fourth-order valence-corrected chi connectivity index (χ4v) is 2.34. The number of aliphatic hydroxyl groups excluding tert-OH is 1. The van der Waals surface area contributed by atoms with Crippen LogP contribution >= 0.6 is 0 Å². The number of ether oxygens (including phenoxy) is 1. The number of rotatable bonds is 4. The quantitative estimate of drug-likeness (QED) is 0.937. The Morgan fingerprint density at radius 2 is 1.71 bits per heavy atom. The van der Waals surface area contributed by atoms with Crippen molar-refractivity contribution in [3.63, 3.8) is 0 Å². The third-order valence-corrected chi connectivity index (χ3v) is 3.48. The van der Waals surface area contributed by atoms with Crippen molar-refractivity contribution < 1.29 is 9.84 Å². The van der Waals surface area contributed by atoms with Crippen LogP contribution in [0.15, 0.2) is 65.7 Å². The molecule has 1 N–H and O–H groups in total. The highest BCUT2D eigenvalue weighted by Gasteiger charge is 2.30. The Morgan fingerprint density at radius 1 is 1.05 bits per heavy atom. The van der Waals surface area contributed by atoms with Gasteiger partial charge in [-0.2, -0.15) is 4.99 Å². The molecule has 0 radical (unpaired) electrons. The van der Waals surface area contributed by atoms with E-state index in [1.165, 1.54) is 5.56 Å². The van der Waals surface area contributed by atoms with E-state index >= 15 is 0 Å². The zero-order valence-corrected chi connectivity index (χ0v) is 11.7. The summed E-state index contributed by atoms with van der Waals surface area (Å²) in [7, 11) is 0. The van der Waals surface area contributed by atoms with Crippen LogP contribution in [0.1, 0.15) is 5.56 Å². The molecule has 0 spiro atoms. The predicted octanol–water partition coefficient (Wildman–Crippen LogP) is 2.57. The normalized spacial score (nSPS) is 19.8. The number of nitrogens with zero attached hydrogens (tertiary/aromatic N) is 2. The highest BCUT2D eigenvalue weighted by Crippen LogP contribution is 2.20. The van der Waals surface area contributed by atoms with Crippen molar-refractivity contribution in [2.75, 3.05) is 13.2 Å². The molecule has 4 heteroatoms. The predicted molar refractivity (Wildman–Crippen MR) is 82.3 cm³/mol. The molecule has 0 aromatic heterocycles. The maximum absolute atomic E-state index is 9.52. The van der Waals surface area contributed by atoms with Crippen LogP contribution in [0.4, 0.5) is 5.69 Å². The Hall–Kier alpha value is -2.33. The number of amidine groups is 1. The van der Waals surface area contributed by atoms with Gasteiger partial charge in [-0.25, -0.2) is 0 Å². The third kappa shape index (κ3) is 3.23. The summed E-state index contributed by atoms with van der Waals surface area (Å²) in [6.45, 7) is 1.20. The molecule has 0 unspecified atom stereocenters. The molecule has 1 heterocycles. The molecule has 21 heavy (non-hydrogen) atoms. The maximum atomic E-state index is 9.52. The lowest BCUT2D eigenvalue weighted by Crippen LogP contribution is -2.36. The lowest BCUT2D eigenvalue weighted by molar-refractivity contribution is 0.183. The van der Waals surface area contributed by atoms with E-state index in [0.29, 0.717) is 19.2 Å². The van der Waals surface area contributed by atoms with Gasteiger partial charge >= 0.3 is 0 Å². The Morgan fingerprint density at radius 3 is 2.38 bits per heavy atom. The van der Waals surface area contributed by atoms with Crippen LogP contribution in [0, 0.1) is 0 Å². The fraction of sp³-hybridized carbons (Fsp3) is 0.235. The smallest absolute Gasteiger partial charge is 0.293 e. The van der Waals surface area contributed by atoms with Gasteiger partial charge in [-0.05, 0) is 17.7 Å². The number of benzene rings is 2. The Labute approximate surface area is 124 Å². The molecule has 0 aliphatic carbocycles. The van der Waals surface area contributed by atoms with Gasteiger partial charge < -0.3 is 14.7 Å². The molecule has 1 atom stereocenters. The van der Waals surface area contributed by atoms with E-state index in [9.17, 15) is 5.11 Å². The molecule has 2 aromatic carbocycles. The van der Waals surface area contributed by atoms with Gasteiger partial charge in [-0.1, -0.05) is 48.5 Å². The van der Waals surface area contributed by atoms with Gasteiger partial charge in [-0.15, -0.1) is 0 Å². The van der Waals surface area contributed by atoms with Crippen molar-refractivity contribution in [3.05, 3.63) is 66.2 Å². The monoisotopic (exact) mass is 282 g/mol. The van der Waals surface area contributed by atoms with Crippen LogP contribution in [-0.2, 0) is 11.3 Å². The molecule has 2 aromatic rings. The van der Waals surface area contributed by atoms with Gasteiger partial charge in [0, 0.05) is 6.54 Å². The van der Waals surface area contributed by atoms with E-state index in [1.54, 1.807) is 0 Å². The zero-order chi connectivity index (χ0) is 14.5. The van der Waals surface area contributed by atoms with Crippen LogP contribution in [-0.4, -0.2) is 35.3 Å². The molecular formula is C17H18N2O2. The lowest BCUT2D eigenvalue weighted by Gasteiger charge is -2.22. The molecule has 1 aliphatic rings. The van der Waals surface area contributed by atoms with Gasteiger partial charge in [0.15, 0.2) is 0 Å². The van der Waals surface area contributed by atoms with Crippen molar-refractivity contribution in [3.8, 4) is 0 Å². The van der Waals surface area contributed by atoms with E-state index < -0.39 is 0 Å². The average Bonchev–Trinajstić information content (AvgIpc) is 2.91. The van der Waals surface area contributed by atoms with Crippen LogP contribution in [0.3, 0.4) is 0 Å². The van der Waals surface area contributed by atoms with Crippen LogP contribution in [0.2, 0.25) is 0 Å². The summed E-state index contributed by atoms with van der Waals surface area (Å²) in [6, 6.07) is 20.4. The minimum absolute atomic E-state index is 0.0485. The SMILES string of the molecule is OC[C@@H]1COC(=Nc2ccccc2)N1Cc1ccccc1. The summed E-state index contributed by atoms with van der Waals surface area (Å²) in [5, 5.41) is 9.52. The summed E-state index contributed by atoms with van der Waals surface area (Å²) in [4.78, 5) is 6.56. The largest absolute Gasteiger partial charge is 0.463 e. The van der Waals surface area contributed by atoms with Gasteiger partial charge in [-0.3, -0.25) is 0 Å². The van der Waals surface area contributed by atoms with Crippen molar-refractivity contribution in [2.45, 2.75) is 12.6 Å². The van der Waals surface area contributed by atoms with Gasteiger partial charge in [0.05, 0.1) is 18.3 Å². The van der Waals surface area contributed by atoms with Gasteiger partial charge in [0.1, 0.15) is 6.61 Å². The molecular weight excluding hydrogens is 264 g/mol. The second-order valence-corrected chi connectivity index (χ2v) is 4.99. The first-order valence-electron chi connectivity index (χ1n) is 7.05. The molecule has 0 amide bonds. The Bertz CT molecular complexity index is 599. The zero-order valence-electron chi connectivity index (χ0n) is 11.7. The minimum Gasteiger partial charge on any atom is -0.463 e. The van der Waals surface area contributed by atoms with E-state index in [0.717, 1.165) is 5.69 Å². The van der Waals surface area contributed by atoms with Gasteiger partial charge in [0.2, 0.25) is 0 Å². The molecule has 1 fully saturated rings. The molecule has 1 saturated heterocycles. The molecule has 0 bridgehead atoms. The van der Waals surface area contributed by atoms with Crippen LogP contribution < -0.4 is 0 Å². The number of hydrogen-bond donors (Lipinski definition) is 1. The first-order chi connectivity index (χ1) is 10.4. The van der Waals surface area contributed by atoms with E-state index in [1.807, 2.05) is 53.4 Å². The van der Waals surface area contributed by atoms with E-state index in [-0.39, 0.29) is 12.6 Å². The van der Waals surface area contributed by atoms with E-state index in [2.05, 4.69) is 17.1 Å². The summed E-state index contributed by atoms with van der Waals surface area (Å²) in [5.41, 5.74) is 2.02. The first kappa shape index (κ1) is 13.6. The van der Waals surface area contributed by atoms with Gasteiger partial charge in [0.25, 0.3) is 6.02 Å². The van der Waals surface area contributed by atoms with Crippen molar-refractivity contribution >= 4 is 11.7 Å². The number of para-hydroxylation sites is 1. The topological polar surface area (TPSA) is 45.1 Å². The molecule has 108 valence electrons. The minimum atomic E-state index is -0.0485. The van der Waals surface area contributed by atoms with Crippen molar-refractivity contribution in [2.24, 2.45) is 4.99 Å². The Balaban J connectivity index is 1.84. The van der Waals surface area contributed by atoms with E-state index in [4.69, 9.17) is 4.74 Å².